The maximum Gasteiger partial charge on any atom is 0.471 e. The van der Waals surface area contributed by atoms with Gasteiger partial charge < -0.3 is 15.1 Å². The number of nitrogens with one attached hydrogen (secondary N) is 1. The molecule has 0 fully saturated rings. The number of phosphoric ester groups is 1. The number of nitrogens with zero attached hydrogens (tertiary/aromatic N) is 1. The van der Waals surface area contributed by atoms with Crippen molar-refractivity contribution in [3.05, 3.63) is 0 Å². The van der Waals surface area contributed by atoms with Crippen molar-refractivity contribution in [1.29, 1.82) is 0 Å². The summed E-state index contributed by atoms with van der Waals surface area (Å²) in [5, 5.41) is 2.81. The highest BCUT2D eigenvalue weighted by Gasteiger charge is 2.17. The highest BCUT2D eigenvalue weighted by atomic mass is 31.2. The van der Waals surface area contributed by atoms with Crippen LogP contribution in [0.1, 0.15) is 52.4 Å². The van der Waals surface area contributed by atoms with Crippen LogP contribution in [0.15, 0.2) is 0 Å². The Balaban J connectivity index is 3.71. The van der Waals surface area contributed by atoms with Gasteiger partial charge in [0.2, 0.25) is 11.8 Å². The molecule has 1 atom stereocenters. The average molecular weight is 366 g/mol. The van der Waals surface area contributed by atoms with Gasteiger partial charge in [-0.05, 0) is 19.3 Å². The summed E-state index contributed by atoms with van der Waals surface area (Å²) in [4.78, 5) is 34.1. The number of rotatable bonds is 14. The molecule has 0 saturated heterocycles. The molecule has 0 aliphatic heterocycles. The summed E-state index contributed by atoms with van der Waals surface area (Å²) in [5.41, 5.74) is 0. The molecular weight excluding hydrogens is 335 g/mol. The highest BCUT2D eigenvalue weighted by Crippen LogP contribution is 2.41. The van der Waals surface area contributed by atoms with Crippen LogP contribution in [0.25, 0.3) is 0 Å². The number of phosphoric acid groups is 1. The molecule has 1 unspecified atom stereocenters. The average Bonchev–Trinajstić information content (AvgIpc) is 2.56. The molecule has 0 radical (unpaired) electrons. The van der Waals surface area contributed by atoms with Crippen LogP contribution in [0, 0.1) is 0 Å². The third-order valence-electron chi connectivity index (χ3n) is 3.36. The van der Waals surface area contributed by atoms with E-state index < -0.39 is 7.82 Å². The zero-order valence-electron chi connectivity index (χ0n) is 15.0. The monoisotopic (exact) mass is 366 g/mol. The van der Waals surface area contributed by atoms with Gasteiger partial charge in [0.15, 0.2) is 0 Å². The van der Waals surface area contributed by atoms with Gasteiger partial charge in [-0.2, -0.15) is 0 Å². The fourth-order valence-electron chi connectivity index (χ4n) is 2.06. The van der Waals surface area contributed by atoms with E-state index in [2.05, 4.69) is 9.84 Å². The van der Waals surface area contributed by atoms with Crippen LogP contribution in [-0.2, 0) is 23.2 Å². The van der Waals surface area contributed by atoms with Crippen molar-refractivity contribution in [3.63, 3.8) is 0 Å². The van der Waals surface area contributed by atoms with Crippen LogP contribution >= 0.6 is 7.82 Å². The van der Waals surface area contributed by atoms with E-state index in [4.69, 9.17) is 9.42 Å². The number of amides is 2. The summed E-state index contributed by atoms with van der Waals surface area (Å²) in [6.07, 6.45) is 4.39. The first-order chi connectivity index (χ1) is 11.4. The first-order valence-corrected chi connectivity index (χ1v) is 9.93. The lowest BCUT2D eigenvalue weighted by molar-refractivity contribution is -0.135. The summed E-state index contributed by atoms with van der Waals surface area (Å²) < 4.78 is 20.0. The first-order valence-electron chi connectivity index (χ1n) is 8.43. The molecule has 0 spiro atoms. The molecule has 2 amide bonds. The Morgan fingerprint density at radius 3 is 2.42 bits per heavy atom. The van der Waals surface area contributed by atoms with Gasteiger partial charge in [0.1, 0.15) is 0 Å². The zero-order valence-corrected chi connectivity index (χ0v) is 15.8. The summed E-state index contributed by atoms with van der Waals surface area (Å²) in [6.45, 7) is 5.18. The largest absolute Gasteiger partial charge is 0.471 e. The lowest BCUT2D eigenvalue weighted by Crippen LogP contribution is -2.41. The Morgan fingerprint density at radius 2 is 1.83 bits per heavy atom. The molecular formula is C15H31N2O6P. The molecule has 0 rings (SSSR count). The molecule has 8 nitrogen and oxygen atoms in total. The van der Waals surface area contributed by atoms with E-state index in [1.165, 1.54) is 0 Å². The summed E-state index contributed by atoms with van der Waals surface area (Å²) in [7, 11) is -2.74. The quantitative estimate of drug-likeness (QED) is 0.360. The fourth-order valence-corrected chi connectivity index (χ4v) is 2.52. The minimum absolute atomic E-state index is 0.00997. The van der Waals surface area contributed by atoms with Crippen LogP contribution in [0.5, 0.6) is 0 Å². The molecule has 142 valence electrons. The van der Waals surface area contributed by atoms with E-state index in [0.29, 0.717) is 25.9 Å². The Kier molecular flexibility index (Phi) is 12.8. The van der Waals surface area contributed by atoms with E-state index in [0.717, 1.165) is 32.8 Å². The number of unbranched alkanes of at least 4 members (excludes halogenated alkanes) is 3. The molecule has 0 aromatic heterocycles. The number of hydrogen-bond donors (Lipinski definition) is 2. The van der Waals surface area contributed by atoms with Gasteiger partial charge in [-0.1, -0.05) is 26.7 Å². The van der Waals surface area contributed by atoms with Crippen molar-refractivity contribution in [2.24, 2.45) is 0 Å². The Labute approximate surface area is 144 Å². The zero-order chi connectivity index (χ0) is 18.4. The highest BCUT2D eigenvalue weighted by molar-refractivity contribution is 7.47. The molecule has 0 aliphatic carbocycles. The molecule has 2 N–H and O–H groups in total. The van der Waals surface area contributed by atoms with Crippen molar-refractivity contribution in [2.75, 3.05) is 33.4 Å². The standard InChI is InChI=1S/C15H31N2O6P/c1-4-11-17(15(19)5-2)13-14(18)16-10-8-6-7-9-12-23-24(20,21)22-3/h4-13H2,1-3H3,(H,16,18)(H,20,21). The van der Waals surface area contributed by atoms with Gasteiger partial charge in [-0.3, -0.25) is 18.6 Å². The number of hydrogen-bond acceptors (Lipinski definition) is 5. The minimum Gasteiger partial charge on any atom is -0.355 e. The van der Waals surface area contributed by atoms with Gasteiger partial charge in [0.25, 0.3) is 0 Å². The Hall–Kier alpha value is -0.950. The number of carbonyl (C=O) groups excluding carboxylic acids is 2. The van der Waals surface area contributed by atoms with Gasteiger partial charge in [0.05, 0.1) is 13.2 Å². The van der Waals surface area contributed by atoms with Crippen molar-refractivity contribution in [3.8, 4) is 0 Å². The van der Waals surface area contributed by atoms with Crippen LogP contribution in [0.2, 0.25) is 0 Å². The van der Waals surface area contributed by atoms with Crippen LogP contribution < -0.4 is 5.32 Å². The predicted molar refractivity (Wildman–Crippen MR) is 91.4 cm³/mol. The molecule has 0 saturated carbocycles. The summed E-state index contributed by atoms with van der Waals surface area (Å²) in [6, 6.07) is 0. The van der Waals surface area contributed by atoms with E-state index in [1.54, 1.807) is 11.8 Å². The minimum atomic E-state index is -3.87. The van der Waals surface area contributed by atoms with Gasteiger partial charge in [0, 0.05) is 26.6 Å². The smallest absolute Gasteiger partial charge is 0.355 e. The third kappa shape index (κ3) is 11.6. The predicted octanol–water partition coefficient (Wildman–Crippen LogP) is 2.07. The van der Waals surface area contributed by atoms with E-state index in [-0.39, 0.29) is 25.0 Å². The van der Waals surface area contributed by atoms with E-state index >= 15 is 0 Å². The second-order valence-electron chi connectivity index (χ2n) is 5.42. The van der Waals surface area contributed by atoms with Gasteiger partial charge in [-0.25, -0.2) is 4.57 Å². The van der Waals surface area contributed by atoms with Gasteiger partial charge >= 0.3 is 7.82 Å². The summed E-state index contributed by atoms with van der Waals surface area (Å²) >= 11 is 0. The first kappa shape index (κ1) is 23.1. The van der Waals surface area contributed by atoms with Crippen molar-refractivity contribution >= 4 is 19.6 Å². The number of carbonyl (C=O) groups is 2. The second kappa shape index (κ2) is 13.4. The third-order valence-corrected chi connectivity index (χ3v) is 4.33. The van der Waals surface area contributed by atoms with Crippen molar-refractivity contribution in [1.82, 2.24) is 10.2 Å². The van der Waals surface area contributed by atoms with Crippen LogP contribution in [0.4, 0.5) is 0 Å². The summed E-state index contributed by atoms with van der Waals surface area (Å²) in [5.74, 6) is -0.154. The molecule has 0 bridgehead atoms. The van der Waals surface area contributed by atoms with E-state index in [9.17, 15) is 14.2 Å². The van der Waals surface area contributed by atoms with Crippen molar-refractivity contribution < 1.29 is 28.1 Å². The van der Waals surface area contributed by atoms with Crippen LogP contribution in [0.3, 0.4) is 0 Å². The molecule has 0 aliphatic rings. The second-order valence-corrected chi connectivity index (χ2v) is 6.98. The molecule has 24 heavy (non-hydrogen) atoms. The van der Waals surface area contributed by atoms with E-state index in [1.807, 2.05) is 6.92 Å². The normalized spacial score (nSPS) is 13.3. The molecule has 0 aromatic rings. The molecule has 0 aromatic carbocycles. The van der Waals surface area contributed by atoms with Gasteiger partial charge in [-0.15, -0.1) is 0 Å². The fraction of sp³-hybridized carbons (Fsp3) is 0.867. The maximum absolute atomic E-state index is 11.8. The van der Waals surface area contributed by atoms with Crippen LogP contribution in [-0.4, -0.2) is 55.0 Å². The Bertz CT molecular complexity index is 419. The topological polar surface area (TPSA) is 105 Å². The Morgan fingerprint density at radius 1 is 1.17 bits per heavy atom. The lowest BCUT2D eigenvalue weighted by atomic mass is 10.2. The maximum atomic E-state index is 11.8. The molecule has 9 heteroatoms. The molecule has 0 heterocycles. The SMILES string of the molecule is CCCN(CC(=O)NCCCCCCOP(=O)(O)OC)C(=O)CC. The lowest BCUT2D eigenvalue weighted by Gasteiger charge is -2.20. The van der Waals surface area contributed by atoms with Crippen molar-refractivity contribution in [2.45, 2.75) is 52.4 Å².